The highest BCUT2D eigenvalue weighted by Gasteiger charge is 2.14. The lowest BCUT2D eigenvalue weighted by molar-refractivity contribution is 0.0698. The molecule has 66 valence electrons. The zero-order valence-electron chi connectivity index (χ0n) is 6.52. The van der Waals surface area contributed by atoms with Crippen LogP contribution in [0, 0.1) is 0 Å². The van der Waals surface area contributed by atoms with E-state index in [0.29, 0.717) is 11.4 Å². The molecule has 2 aromatic heterocycles. The van der Waals surface area contributed by atoms with E-state index in [4.69, 9.17) is 5.11 Å². The smallest absolute Gasteiger partial charge is 0.337 e. The fraction of sp³-hybridized carbons (Fsp3) is 0. The summed E-state index contributed by atoms with van der Waals surface area (Å²) in [5.74, 6) is -0.987. The van der Waals surface area contributed by atoms with Crippen molar-refractivity contribution in [3.05, 3.63) is 30.2 Å². The van der Waals surface area contributed by atoms with Crippen molar-refractivity contribution in [1.29, 1.82) is 0 Å². The minimum absolute atomic E-state index is 0.189. The number of carboxylic acids is 1. The van der Waals surface area contributed by atoms with Gasteiger partial charge in [-0.05, 0) is 6.07 Å². The highest BCUT2D eigenvalue weighted by molar-refractivity contribution is 5.94. The summed E-state index contributed by atoms with van der Waals surface area (Å²) in [6.07, 6.45) is 2.94. The average Bonchev–Trinajstić information content (AvgIpc) is 2.74. The molecule has 0 bridgehead atoms. The van der Waals surface area contributed by atoms with Crippen molar-refractivity contribution in [3.63, 3.8) is 0 Å². The van der Waals surface area contributed by atoms with E-state index in [1.54, 1.807) is 12.3 Å². The summed E-state index contributed by atoms with van der Waals surface area (Å²) in [5, 5.41) is 12.4. The van der Waals surface area contributed by atoms with Gasteiger partial charge in [-0.2, -0.15) is 0 Å². The van der Waals surface area contributed by atoms with Crippen molar-refractivity contribution in [1.82, 2.24) is 10.1 Å². The number of hydrogen-bond donors (Lipinski definition) is 2. The lowest BCUT2D eigenvalue weighted by Gasteiger charge is -1.92. The van der Waals surface area contributed by atoms with Crippen LogP contribution < -0.4 is 0 Å². The maximum atomic E-state index is 10.7. The first-order chi connectivity index (χ1) is 6.29. The van der Waals surface area contributed by atoms with Gasteiger partial charge in [-0.3, -0.25) is 0 Å². The zero-order valence-corrected chi connectivity index (χ0v) is 6.52. The molecule has 13 heavy (non-hydrogen) atoms. The van der Waals surface area contributed by atoms with Crippen molar-refractivity contribution >= 4 is 5.97 Å². The highest BCUT2D eigenvalue weighted by Crippen LogP contribution is 2.19. The van der Waals surface area contributed by atoms with Gasteiger partial charge >= 0.3 is 5.97 Å². The monoisotopic (exact) mass is 178 g/mol. The SMILES string of the molecule is O=C(O)c1cc[nH]c1-c1ccon1. The van der Waals surface area contributed by atoms with Crippen LogP contribution in [-0.4, -0.2) is 21.2 Å². The molecule has 5 heteroatoms. The van der Waals surface area contributed by atoms with Gasteiger partial charge in [0.05, 0.1) is 11.3 Å². The number of nitrogens with one attached hydrogen (secondary N) is 1. The molecule has 0 spiro atoms. The predicted octanol–water partition coefficient (Wildman–Crippen LogP) is 1.37. The van der Waals surface area contributed by atoms with Crippen molar-refractivity contribution in [2.24, 2.45) is 0 Å². The van der Waals surface area contributed by atoms with Gasteiger partial charge in [0.25, 0.3) is 0 Å². The van der Waals surface area contributed by atoms with Crippen LogP contribution in [0.4, 0.5) is 0 Å². The number of hydrogen-bond acceptors (Lipinski definition) is 3. The van der Waals surface area contributed by atoms with Crippen LogP contribution in [0.25, 0.3) is 11.4 Å². The largest absolute Gasteiger partial charge is 0.478 e. The molecule has 5 nitrogen and oxygen atoms in total. The van der Waals surface area contributed by atoms with Crippen LogP contribution in [0.15, 0.2) is 29.1 Å². The standard InChI is InChI=1S/C8H6N2O3/c11-8(12)5-1-3-9-7(5)6-2-4-13-10-6/h1-4,9H,(H,11,12). The topological polar surface area (TPSA) is 79.1 Å². The Morgan fingerprint density at radius 3 is 3.00 bits per heavy atom. The molecular formula is C8H6N2O3. The molecule has 2 aromatic rings. The quantitative estimate of drug-likeness (QED) is 0.727. The number of H-pyrrole nitrogens is 1. The third-order valence-electron chi connectivity index (χ3n) is 1.67. The van der Waals surface area contributed by atoms with Crippen LogP contribution in [0.2, 0.25) is 0 Å². The van der Waals surface area contributed by atoms with Crippen molar-refractivity contribution < 1.29 is 14.4 Å². The number of aromatic nitrogens is 2. The maximum Gasteiger partial charge on any atom is 0.337 e. The van der Waals surface area contributed by atoms with Gasteiger partial charge in [0.2, 0.25) is 0 Å². The molecule has 0 unspecified atom stereocenters. The molecule has 0 aliphatic carbocycles. The summed E-state index contributed by atoms with van der Waals surface area (Å²) in [6, 6.07) is 3.07. The number of nitrogens with zero attached hydrogens (tertiary/aromatic N) is 1. The summed E-state index contributed by atoms with van der Waals surface area (Å²) in [6.45, 7) is 0. The van der Waals surface area contributed by atoms with Crippen LogP contribution >= 0.6 is 0 Å². The van der Waals surface area contributed by atoms with Gasteiger partial charge in [-0.25, -0.2) is 4.79 Å². The fourth-order valence-corrected chi connectivity index (χ4v) is 1.10. The first-order valence-corrected chi connectivity index (χ1v) is 3.60. The van der Waals surface area contributed by atoms with Gasteiger partial charge in [0.1, 0.15) is 12.0 Å². The number of carbonyl (C=O) groups is 1. The van der Waals surface area contributed by atoms with Gasteiger partial charge in [0, 0.05) is 12.3 Å². The summed E-state index contributed by atoms with van der Waals surface area (Å²) < 4.78 is 4.61. The zero-order chi connectivity index (χ0) is 9.26. The number of rotatable bonds is 2. The van der Waals surface area contributed by atoms with E-state index in [0.717, 1.165) is 0 Å². The van der Waals surface area contributed by atoms with Crippen LogP contribution in [-0.2, 0) is 0 Å². The normalized spacial score (nSPS) is 10.2. The predicted molar refractivity (Wildman–Crippen MR) is 43.2 cm³/mol. The first-order valence-electron chi connectivity index (χ1n) is 3.60. The molecule has 0 atom stereocenters. The lowest BCUT2D eigenvalue weighted by Crippen LogP contribution is -1.96. The molecule has 0 saturated carbocycles. The van der Waals surface area contributed by atoms with E-state index in [1.165, 1.54) is 12.3 Å². The third-order valence-corrected chi connectivity index (χ3v) is 1.67. The second-order valence-corrected chi connectivity index (χ2v) is 2.46. The van der Waals surface area contributed by atoms with Crippen molar-refractivity contribution in [3.8, 4) is 11.4 Å². The molecule has 0 aliphatic heterocycles. The van der Waals surface area contributed by atoms with E-state index in [1.807, 2.05) is 0 Å². The molecule has 0 aliphatic rings. The van der Waals surface area contributed by atoms with E-state index >= 15 is 0 Å². The van der Waals surface area contributed by atoms with Crippen LogP contribution in [0.5, 0.6) is 0 Å². The second-order valence-electron chi connectivity index (χ2n) is 2.46. The molecule has 0 fully saturated rings. The van der Waals surface area contributed by atoms with Gasteiger partial charge < -0.3 is 14.6 Å². The summed E-state index contributed by atoms with van der Waals surface area (Å²) in [5.41, 5.74) is 1.14. The molecule has 2 rings (SSSR count). The summed E-state index contributed by atoms with van der Waals surface area (Å²) in [7, 11) is 0. The second kappa shape index (κ2) is 2.78. The van der Waals surface area contributed by atoms with E-state index < -0.39 is 5.97 Å². The van der Waals surface area contributed by atoms with E-state index in [9.17, 15) is 4.79 Å². The highest BCUT2D eigenvalue weighted by atomic mass is 16.5. The average molecular weight is 178 g/mol. The molecule has 0 saturated heterocycles. The van der Waals surface area contributed by atoms with E-state index in [-0.39, 0.29) is 5.56 Å². The number of carboxylic acid groups (broad SMARTS) is 1. The Labute approximate surface area is 73.0 Å². The third kappa shape index (κ3) is 1.20. The van der Waals surface area contributed by atoms with E-state index in [2.05, 4.69) is 14.7 Å². The summed E-state index contributed by atoms with van der Waals surface area (Å²) in [4.78, 5) is 13.5. The Morgan fingerprint density at radius 1 is 1.54 bits per heavy atom. The Morgan fingerprint density at radius 2 is 2.38 bits per heavy atom. The first kappa shape index (κ1) is 7.60. The number of aromatic carboxylic acids is 1. The molecule has 2 N–H and O–H groups in total. The van der Waals surface area contributed by atoms with Crippen LogP contribution in [0.1, 0.15) is 10.4 Å². The van der Waals surface area contributed by atoms with Gasteiger partial charge in [-0.15, -0.1) is 0 Å². The maximum absolute atomic E-state index is 10.7. The minimum atomic E-state index is -0.987. The van der Waals surface area contributed by atoms with Gasteiger partial charge in [-0.1, -0.05) is 5.16 Å². The molecule has 2 heterocycles. The minimum Gasteiger partial charge on any atom is -0.478 e. The molecular weight excluding hydrogens is 172 g/mol. The van der Waals surface area contributed by atoms with Crippen LogP contribution in [0.3, 0.4) is 0 Å². The molecule has 0 amide bonds. The van der Waals surface area contributed by atoms with Crippen molar-refractivity contribution in [2.75, 3.05) is 0 Å². The Kier molecular flexibility index (Phi) is 1.63. The lowest BCUT2D eigenvalue weighted by atomic mass is 10.2. The molecule has 0 radical (unpaired) electrons. The Hall–Kier alpha value is -2.04. The number of aromatic amines is 1. The Balaban J connectivity index is 2.52. The molecule has 0 aromatic carbocycles. The Bertz CT molecular complexity index is 416. The van der Waals surface area contributed by atoms with Gasteiger partial charge in [0.15, 0.2) is 0 Å². The van der Waals surface area contributed by atoms with Crippen molar-refractivity contribution in [2.45, 2.75) is 0 Å². The fourth-order valence-electron chi connectivity index (χ4n) is 1.10. The summed E-state index contributed by atoms with van der Waals surface area (Å²) >= 11 is 0.